The minimum absolute atomic E-state index is 0.0929. The normalized spacial score (nSPS) is 18.6. The van der Waals surface area contributed by atoms with E-state index in [9.17, 15) is 8.78 Å². The van der Waals surface area contributed by atoms with Crippen LogP contribution in [0.15, 0.2) is 101 Å². The van der Waals surface area contributed by atoms with Crippen molar-refractivity contribution >= 4 is 11.4 Å². The van der Waals surface area contributed by atoms with Crippen LogP contribution in [-0.4, -0.2) is 12.8 Å². The molecule has 0 fully saturated rings. The summed E-state index contributed by atoms with van der Waals surface area (Å²) in [5.74, 6) is -0.346. The van der Waals surface area contributed by atoms with Crippen LogP contribution in [-0.2, 0) is 10.3 Å². The van der Waals surface area contributed by atoms with E-state index in [-0.39, 0.29) is 11.8 Å². The van der Waals surface area contributed by atoms with E-state index >= 15 is 0 Å². The maximum atomic E-state index is 14.6. The highest BCUT2D eigenvalue weighted by molar-refractivity contribution is 6.06. The molecule has 1 aliphatic rings. The number of nitrogens with zero attached hydrogens (tertiary/aromatic N) is 1. The molecule has 196 valence electrons. The second-order valence-electron chi connectivity index (χ2n) is 10.5. The number of hydrogen-bond acceptors (Lipinski definition) is 3. The molecule has 38 heavy (non-hydrogen) atoms. The van der Waals surface area contributed by atoms with Gasteiger partial charge in [0.2, 0.25) is 0 Å². The summed E-state index contributed by atoms with van der Waals surface area (Å²) < 4.78 is 41.3. The summed E-state index contributed by atoms with van der Waals surface area (Å²) >= 11 is 0. The molecule has 1 aromatic heterocycles. The second-order valence-corrected chi connectivity index (χ2v) is 10.5. The molecule has 0 bridgehead atoms. The van der Waals surface area contributed by atoms with Gasteiger partial charge >= 0.3 is 0 Å². The van der Waals surface area contributed by atoms with E-state index in [1.165, 1.54) is 12.1 Å². The van der Waals surface area contributed by atoms with Gasteiger partial charge < -0.3 is 9.15 Å². The summed E-state index contributed by atoms with van der Waals surface area (Å²) in [6.07, 6.45) is 3.63. The molecule has 0 aliphatic carbocycles. The Morgan fingerprint density at radius 2 is 1.63 bits per heavy atom. The minimum Gasteiger partial charge on any atom is -0.463 e. The van der Waals surface area contributed by atoms with E-state index < -0.39 is 17.2 Å². The molecule has 4 aromatic rings. The van der Waals surface area contributed by atoms with Gasteiger partial charge in [0, 0.05) is 25.0 Å². The van der Waals surface area contributed by atoms with E-state index in [1.807, 2.05) is 48.5 Å². The van der Waals surface area contributed by atoms with Gasteiger partial charge in [-0.25, -0.2) is 13.8 Å². The molecule has 0 amide bonds. The molecule has 3 aromatic carbocycles. The summed E-state index contributed by atoms with van der Waals surface area (Å²) in [4.78, 5) is 5.09. The highest BCUT2D eigenvalue weighted by Crippen LogP contribution is 2.51. The molecule has 5 heteroatoms. The van der Waals surface area contributed by atoms with Gasteiger partial charge in [-0.15, -0.1) is 0 Å². The van der Waals surface area contributed by atoms with Crippen molar-refractivity contribution in [3.63, 3.8) is 0 Å². The number of hydrogen-bond donors (Lipinski definition) is 0. The van der Waals surface area contributed by atoms with Gasteiger partial charge in [0.15, 0.2) is 0 Å². The Kier molecular flexibility index (Phi) is 7.57. The van der Waals surface area contributed by atoms with E-state index in [1.54, 1.807) is 13.4 Å². The van der Waals surface area contributed by atoms with Crippen molar-refractivity contribution in [1.29, 1.82) is 0 Å². The molecule has 0 saturated heterocycles. The molecular weight excluding hydrogens is 480 g/mol. The number of benzene rings is 3. The number of aliphatic imine (C=N–C) groups is 1. The molecule has 0 radical (unpaired) electrons. The Hall–Kier alpha value is -3.57. The zero-order valence-electron chi connectivity index (χ0n) is 22.0. The highest BCUT2D eigenvalue weighted by atomic mass is 19.1. The lowest BCUT2D eigenvalue weighted by molar-refractivity contribution is -0.0398. The fraction of sp³-hybridized carbons (Fsp3) is 0.303. The summed E-state index contributed by atoms with van der Waals surface area (Å²) in [5.41, 5.74) is 3.49. The second kappa shape index (κ2) is 11.0. The van der Waals surface area contributed by atoms with Crippen molar-refractivity contribution in [2.45, 2.75) is 50.5 Å². The quantitative estimate of drug-likeness (QED) is 0.224. The first-order valence-electron chi connectivity index (χ1n) is 13.2. The van der Waals surface area contributed by atoms with E-state index in [4.69, 9.17) is 14.1 Å². The van der Waals surface area contributed by atoms with Gasteiger partial charge in [-0.05, 0) is 72.2 Å². The van der Waals surface area contributed by atoms with Crippen LogP contribution in [0.5, 0.6) is 0 Å². The molecule has 0 spiro atoms. The lowest BCUT2D eigenvalue weighted by atomic mass is 9.68. The first-order chi connectivity index (χ1) is 18.4. The molecule has 3 nitrogen and oxygen atoms in total. The average Bonchev–Trinajstić information content (AvgIpc) is 3.45. The van der Waals surface area contributed by atoms with Gasteiger partial charge in [-0.1, -0.05) is 62.4 Å². The van der Waals surface area contributed by atoms with Crippen LogP contribution in [0, 0.1) is 17.6 Å². The van der Waals surface area contributed by atoms with Crippen molar-refractivity contribution in [3.8, 4) is 0 Å². The van der Waals surface area contributed by atoms with Crippen LogP contribution in [0.2, 0.25) is 0 Å². The molecule has 3 atom stereocenters. The van der Waals surface area contributed by atoms with Gasteiger partial charge in [-0.3, -0.25) is 0 Å². The first kappa shape index (κ1) is 26.1. The number of fused-ring (bicyclic) bond motifs is 1. The zero-order valence-corrected chi connectivity index (χ0v) is 22.0. The molecule has 0 N–H and O–H groups in total. The van der Waals surface area contributed by atoms with Crippen LogP contribution < -0.4 is 0 Å². The maximum absolute atomic E-state index is 14.6. The van der Waals surface area contributed by atoms with Crippen molar-refractivity contribution in [3.05, 3.63) is 125 Å². The van der Waals surface area contributed by atoms with Gasteiger partial charge in [0.1, 0.15) is 17.4 Å². The van der Waals surface area contributed by atoms with E-state index in [0.29, 0.717) is 30.1 Å². The number of halogens is 2. The van der Waals surface area contributed by atoms with Gasteiger partial charge in [0.05, 0.1) is 23.3 Å². The SMILES string of the molecule is COC(CCC(C)C)(CC1c2ccccc2N=C(c2ccco2)C1c1ccccc1)c1cc(F)cc(F)c1. The summed E-state index contributed by atoms with van der Waals surface area (Å²) in [6, 6.07) is 25.9. The Labute approximate surface area is 223 Å². The zero-order chi connectivity index (χ0) is 26.7. The predicted octanol–water partition coefficient (Wildman–Crippen LogP) is 8.93. The lowest BCUT2D eigenvalue weighted by Crippen LogP contribution is -2.35. The predicted molar refractivity (Wildman–Crippen MR) is 147 cm³/mol. The van der Waals surface area contributed by atoms with Gasteiger partial charge in [0.25, 0.3) is 0 Å². The third-order valence-electron chi connectivity index (χ3n) is 7.66. The molecule has 2 heterocycles. The minimum atomic E-state index is -0.913. The Morgan fingerprint density at radius 3 is 2.29 bits per heavy atom. The molecule has 5 rings (SSSR count). The molecule has 1 aliphatic heterocycles. The van der Waals surface area contributed by atoms with E-state index in [2.05, 4.69) is 32.0 Å². The van der Waals surface area contributed by atoms with Crippen LogP contribution in [0.25, 0.3) is 0 Å². The number of ether oxygens (including phenoxy) is 1. The largest absolute Gasteiger partial charge is 0.463 e. The fourth-order valence-electron chi connectivity index (χ4n) is 5.74. The maximum Gasteiger partial charge on any atom is 0.148 e. The Morgan fingerprint density at radius 1 is 0.921 bits per heavy atom. The smallest absolute Gasteiger partial charge is 0.148 e. The fourth-order valence-corrected chi connectivity index (χ4v) is 5.74. The first-order valence-corrected chi connectivity index (χ1v) is 13.2. The number of para-hydroxylation sites is 1. The number of rotatable bonds is 9. The van der Waals surface area contributed by atoms with E-state index in [0.717, 1.165) is 35.0 Å². The van der Waals surface area contributed by atoms with Crippen LogP contribution in [0.3, 0.4) is 0 Å². The molecular formula is C33H33F2NO2. The van der Waals surface area contributed by atoms with Crippen LogP contribution >= 0.6 is 0 Å². The summed E-state index contributed by atoms with van der Waals surface area (Å²) in [5, 5.41) is 0. The Balaban J connectivity index is 1.71. The Bertz CT molecular complexity index is 1380. The van der Waals surface area contributed by atoms with Crippen molar-refractivity contribution in [2.24, 2.45) is 10.9 Å². The third-order valence-corrected chi connectivity index (χ3v) is 7.66. The lowest BCUT2D eigenvalue weighted by Gasteiger charge is -2.41. The van der Waals surface area contributed by atoms with Crippen LogP contribution in [0.1, 0.15) is 67.4 Å². The standard InChI is InChI=1S/C33H33F2NO2/c1-22(2)15-16-33(37-3,24-18-25(34)20-26(35)19-24)21-28-27-12-7-8-13-29(27)36-32(30-14-9-17-38-30)31(28)23-10-5-4-6-11-23/h4-14,17-20,22,28,31H,15-16,21H2,1-3H3. The third kappa shape index (κ3) is 5.21. The average molecular weight is 514 g/mol. The van der Waals surface area contributed by atoms with Gasteiger partial charge in [-0.2, -0.15) is 0 Å². The van der Waals surface area contributed by atoms with Crippen molar-refractivity contribution in [1.82, 2.24) is 0 Å². The monoisotopic (exact) mass is 513 g/mol. The van der Waals surface area contributed by atoms with Crippen molar-refractivity contribution < 1.29 is 17.9 Å². The topological polar surface area (TPSA) is 34.7 Å². The van der Waals surface area contributed by atoms with Crippen LogP contribution in [0.4, 0.5) is 14.5 Å². The molecule has 0 saturated carbocycles. The number of methoxy groups -OCH3 is 1. The summed E-state index contributed by atoms with van der Waals surface area (Å²) in [6.45, 7) is 4.30. The highest BCUT2D eigenvalue weighted by Gasteiger charge is 2.43. The summed E-state index contributed by atoms with van der Waals surface area (Å²) in [7, 11) is 1.65. The molecule has 3 unspecified atom stereocenters. The number of furan rings is 1. The van der Waals surface area contributed by atoms with Crippen molar-refractivity contribution in [2.75, 3.05) is 7.11 Å².